The molecule has 0 unspecified atom stereocenters. The molecule has 0 aliphatic heterocycles. The molecular weight excluding hydrogens is 805 g/mol. The zero-order chi connectivity index (χ0) is 47.2. The first-order valence-corrected chi connectivity index (χ1v) is 28.1. The molecule has 0 aromatic carbocycles. The van der Waals surface area contributed by atoms with Crippen molar-refractivity contribution in [1.29, 1.82) is 0 Å². The second kappa shape index (κ2) is 54.0. The van der Waals surface area contributed by atoms with Crippen molar-refractivity contribution in [2.45, 2.75) is 297 Å². The number of rotatable bonds is 51. The van der Waals surface area contributed by atoms with E-state index in [-0.39, 0.29) is 31.1 Å². The fourth-order valence-electron chi connectivity index (χ4n) is 7.99. The molecule has 0 aromatic rings. The van der Waals surface area contributed by atoms with Gasteiger partial charge in [-0.15, -0.1) is 0 Å². The van der Waals surface area contributed by atoms with Crippen LogP contribution in [0, 0.1) is 0 Å². The van der Waals surface area contributed by atoms with Gasteiger partial charge >= 0.3 is 17.9 Å². The highest BCUT2D eigenvalue weighted by Gasteiger charge is 2.19. The Morgan fingerprint density at radius 2 is 0.554 bits per heavy atom. The molecule has 0 radical (unpaired) electrons. The number of carbonyl (C=O) groups is 3. The molecule has 0 saturated heterocycles. The van der Waals surface area contributed by atoms with Gasteiger partial charge in [-0.3, -0.25) is 14.4 Å². The Balaban J connectivity index is 4.40. The van der Waals surface area contributed by atoms with Gasteiger partial charge in [-0.05, 0) is 103 Å². The summed E-state index contributed by atoms with van der Waals surface area (Å²) in [6.07, 6.45) is 65.2. The number of hydrogen-bond donors (Lipinski definition) is 0. The number of hydrogen-bond acceptors (Lipinski definition) is 6. The summed E-state index contributed by atoms with van der Waals surface area (Å²) in [4.78, 5) is 38.1. The van der Waals surface area contributed by atoms with Crippen LogP contribution in [-0.2, 0) is 28.6 Å². The normalized spacial score (nSPS) is 11.9. The predicted molar refractivity (Wildman–Crippen MR) is 279 cm³/mol. The Hall–Kier alpha value is -2.63. The van der Waals surface area contributed by atoms with Crippen LogP contribution in [0.2, 0.25) is 0 Å². The third-order valence-electron chi connectivity index (χ3n) is 12.3. The zero-order valence-corrected chi connectivity index (χ0v) is 43.3. The summed E-state index contributed by atoms with van der Waals surface area (Å²) in [5.74, 6) is -0.895. The second-order valence-corrected chi connectivity index (χ2v) is 18.8. The third-order valence-corrected chi connectivity index (χ3v) is 12.3. The van der Waals surface area contributed by atoms with Gasteiger partial charge in [-0.2, -0.15) is 0 Å². The maximum Gasteiger partial charge on any atom is 0.306 e. The highest BCUT2D eigenvalue weighted by Crippen LogP contribution is 2.15. The molecule has 65 heavy (non-hydrogen) atoms. The van der Waals surface area contributed by atoms with E-state index in [0.29, 0.717) is 19.3 Å². The molecule has 6 nitrogen and oxygen atoms in total. The summed E-state index contributed by atoms with van der Waals surface area (Å²) in [5.41, 5.74) is 0. The van der Waals surface area contributed by atoms with Gasteiger partial charge in [0, 0.05) is 19.3 Å². The number of unbranched alkanes of at least 4 members (excludes halogenated alkanes) is 32. The van der Waals surface area contributed by atoms with Crippen molar-refractivity contribution < 1.29 is 28.6 Å². The molecule has 0 aliphatic carbocycles. The van der Waals surface area contributed by atoms with Gasteiger partial charge in [0.15, 0.2) is 6.10 Å². The SMILES string of the molecule is CCCCC/C=C\C/C=C\CCCCCCCCCC(=O)OC(COC(=O)CCCCCCC/C=C\CCCCCCCC)COC(=O)CCCCCCC/C=C\CCCCCCCC. The minimum atomic E-state index is -0.783. The molecule has 0 N–H and O–H groups in total. The Labute approximate surface area is 403 Å². The number of esters is 3. The highest BCUT2D eigenvalue weighted by molar-refractivity contribution is 5.71. The first-order valence-electron chi connectivity index (χ1n) is 28.1. The van der Waals surface area contributed by atoms with E-state index in [2.05, 4.69) is 69.4 Å². The molecule has 378 valence electrons. The van der Waals surface area contributed by atoms with E-state index in [9.17, 15) is 14.4 Å². The van der Waals surface area contributed by atoms with E-state index in [1.54, 1.807) is 0 Å². The summed E-state index contributed by atoms with van der Waals surface area (Å²) in [7, 11) is 0. The lowest BCUT2D eigenvalue weighted by molar-refractivity contribution is -0.167. The van der Waals surface area contributed by atoms with Crippen LogP contribution in [0.15, 0.2) is 48.6 Å². The average Bonchev–Trinajstić information content (AvgIpc) is 3.30. The molecule has 0 aromatic heterocycles. The quantitative estimate of drug-likeness (QED) is 0.0262. The van der Waals surface area contributed by atoms with E-state index < -0.39 is 6.10 Å². The van der Waals surface area contributed by atoms with Gasteiger partial charge in [-0.1, -0.05) is 217 Å². The lowest BCUT2D eigenvalue weighted by Gasteiger charge is -2.18. The van der Waals surface area contributed by atoms with Gasteiger partial charge in [0.05, 0.1) is 0 Å². The fraction of sp³-hybridized carbons (Fsp3) is 0.814. The topological polar surface area (TPSA) is 78.9 Å². The van der Waals surface area contributed by atoms with Crippen LogP contribution in [0.4, 0.5) is 0 Å². The Morgan fingerprint density at radius 1 is 0.308 bits per heavy atom. The van der Waals surface area contributed by atoms with Crippen LogP contribution in [0.1, 0.15) is 290 Å². The Bertz CT molecular complexity index is 1080. The summed E-state index contributed by atoms with van der Waals surface area (Å²) in [5, 5.41) is 0. The van der Waals surface area contributed by atoms with Crippen molar-refractivity contribution in [1.82, 2.24) is 0 Å². The molecular formula is C59H106O6. The van der Waals surface area contributed by atoms with Crippen molar-refractivity contribution in [3.05, 3.63) is 48.6 Å². The van der Waals surface area contributed by atoms with Gasteiger partial charge in [0.1, 0.15) is 13.2 Å². The van der Waals surface area contributed by atoms with Gasteiger partial charge in [0.25, 0.3) is 0 Å². The standard InChI is InChI=1S/C59H106O6/c1-4-7-10-13-16-19-22-25-28-29-32-35-38-41-44-47-50-53-59(62)65-56(54-63-57(60)51-48-45-42-39-36-33-30-26-23-20-17-14-11-8-5-2)55-64-58(61)52-49-46-43-40-37-34-31-27-24-21-18-15-12-9-6-3/h16,19,25-28,30-31,56H,4-15,17-18,20-24,29,32-55H2,1-3H3/b19-16-,28-25-,30-26-,31-27-. The van der Waals surface area contributed by atoms with E-state index in [1.165, 1.54) is 167 Å². The molecule has 0 rings (SSSR count). The van der Waals surface area contributed by atoms with Crippen molar-refractivity contribution >= 4 is 17.9 Å². The second-order valence-electron chi connectivity index (χ2n) is 18.8. The molecule has 0 heterocycles. The molecule has 0 fully saturated rings. The van der Waals surface area contributed by atoms with Crippen LogP contribution in [0.3, 0.4) is 0 Å². The van der Waals surface area contributed by atoms with Crippen molar-refractivity contribution in [2.75, 3.05) is 13.2 Å². The Kier molecular flexibility index (Phi) is 51.8. The van der Waals surface area contributed by atoms with E-state index in [4.69, 9.17) is 14.2 Å². The summed E-state index contributed by atoms with van der Waals surface area (Å²) in [6, 6.07) is 0. The van der Waals surface area contributed by atoms with Crippen molar-refractivity contribution in [2.24, 2.45) is 0 Å². The van der Waals surface area contributed by atoms with Crippen LogP contribution in [0.25, 0.3) is 0 Å². The monoisotopic (exact) mass is 911 g/mol. The zero-order valence-electron chi connectivity index (χ0n) is 43.3. The third kappa shape index (κ3) is 52.2. The van der Waals surface area contributed by atoms with E-state index in [0.717, 1.165) is 83.5 Å². The smallest absolute Gasteiger partial charge is 0.306 e. The highest BCUT2D eigenvalue weighted by atomic mass is 16.6. The van der Waals surface area contributed by atoms with Crippen LogP contribution in [0.5, 0.6) is 0 Å². The molecule has 0 amide bonds. The van der Waals surface area contributed by atoms with Crippen LogP contribution < -0.4 is 0 Å². The molecule has 0 spiro atoms. The molecule has 0 atom stereocenters. The minimum absolute atomic E-state index is 0.0821. The lowest BCUT2D eigenvalue weighted by Crippen LogP contribution is -2.30. The average molecular weight is 911 g/mol. The van der Waals surface area contributed by atoms with E-state index in [1.807, 2.05) is 0 Å². The van der Waals surface area contributed by atoms with Crippen LogP contribution in [-0.4, -0.2) is 37.2 Å². The summed E-state index contributed by atoms with van der Waals surface area (Å²) >= 11 is 0. The van der Waals surface area contributed by atoms with E-state index >= 15 is 0 Å². The first-order chi connectivity index (χ1) is 32.0. The minimum Gasteiger partial charge on any atom is -0.462 e. The van der Waals surface area contributed by atoms with Gasteiger partial charge in [-0.25, -0.2) is 0 Å². The first kappa shape index (κ1) is 62.4. The fourth-order valence-corrected chi connectivity index (χ4v) is 7.99. The number of allylic oxidation sites excluding steroid dienone is 8. The number of ether oxygens (including phenoxy) is 3. The maximum absolute atomic E-state index is 12.8. The molecule has 6 heteroatoms. The van der Waals surface area contributed by atoms with Gasteiger partial charge < -0.3 is 14.2 Å². The van der Waals surface area contributed by atoms with Crippen LogP contribution >= 0.6 is 0 Å². The molecule has 0 aliphatic rings. The Morgan fingerprint density at radius 3 is 0.892 bits per heavy atom. The summed E-state index contributed by atoms with van der Waals surface area (Å²) < 4.78 is 16.8. The summed E-state index contributed by atoms with van der Waals surface area (Å²) in [6.45, 7) is 6.61. The van der Waals surface area contributed by atoms with Gasteiger partial charge in [0.2, 0.25) is 0 Å². The predicted octanol–water partition coefficient (Wildman–Crippen LogP) is 18.7. The largest absolute Gasteiger partial charge is 0.462 e. The van der Waals surface area contributed by atoms with Crippen molar-refractivity contribution in [3.8, 4) is 0 Å². The lowest BCUT2D eigenvalue weighted by atomic mass is 10.1. The number of carbonyl (C=O) groups excluding carboxylic acids is 3. The maximum atomic E-state index is 12.8. The molecule has 0 saturated carbocycles. The molecule has 0 bridgehead atoms. The van der Waals surface area contributed by atoms with Crippen molar-refractivity contribution in [3.63, 3.8) is 0 Å².